The van der Waals surface area contributed by atoms with Gasteiger partial charge in [0.25, 0.3) is 5.69 Å². The largest absolute Gasteiger partial charge is 0.371 e. The summed E-state index contributed by atoms with van der Waals surface area (Å²) in [6.45, 7) is 7.72. The summed E-state index contributed by atoms with van der Waals surface area (Å²) in [5, 5.41) is 15.6. The lowest BCUT2D eigenvalue weighted by Crippen LogP contribution is -2.76. The van der Waals surface area contributed by atoms with Crippen LogP contribution in [0.2, 0.25) is 0 Å². The van der Waals surface area contributed by atoms with Gasteiger partial charge >= 0.3 is 6.03 Å². The van der Waals surface area contributed by atoms with Gasteiger partial charge in [-0.25, -0.2) is 9.18 Å². The minimum atomic E-state index is -1.81. The van der Waals surface area contributed by atoms with Gasteiger partial charge in [0.15, 0.2) is 11.2 Å². The number of nitro groups is 1. The normalized spacial score (nSPS) is 27.3. The topological polar surface area (TPSA) is 131 Å². The number of nitro benzene ring substituents is 1. The zero-order chi connectivity index (χ0) is 22.9. The number of anilines is 1. The number of hydrogen-bond acceptors (Lipinski definition) is 7. The van der Waals surface area contributed by atoms with E-state index in [-0.39, 0.29) is 35.7 Å². The Labute approximate surface area is 177 Å². The van der Waals surface area contributed by atoms with Crippen molar-refractivity contribution < 1.29 is 28.4 Å². The molecule has 0 radical (unpaired) electrons. The Hall–Kier alpha value is -3.08. The summed E-state index contributed by atoms with van der Waals surface area (Å²) in [5.74, 6) is -2.48. The van der Waals surface area contributed by atoms with Crippen LogP contribution in [0.25, 0.3) is 0 Å². The Bertz CT molecular complexity index is 1000. The second-order valence-corrected chi connectivity index (χ2v) is 9.37. The summed E-state index contributed by atoms with van der Waals surface area (Å²) in [6, 6.07) is 0.160. The number of rotatable bonds is 1. The summed E-state index contributed by atoms with van der Waals surface area (Å²) in [7, 11) is 0. The number of urea groups is 1. The van der Waals surface area contributed by atoms with Crippen LogP contribution in [0.1, 0.15) is 33.3 Å². The Morgan fingerprint density at radius 3 is 2.39 bits per heavy atom. The lowest BCUT2D eigenvalue weighted by Gasteiger charge is -2.57. The van der Waals surface area contributed by atoms with Crippen LogP contribution in [0.4, 0.5) is 20.6 Å². The predicted molar refractivity (Wildman–Crippen MR) is 106 cm³/mol. The summed E-state index contributed by atoms with van der Waals surface area (Å²) >= 11 is 0. The van der Waals surface area contributed by atoms with Crippen molar-refractivity contribution in [1.82, 2.24) is 10.6 Å². The zero-order valence-electron chi connectivity index (χ0n) is 17.5. The fraction of sp³-hybridized carbons (Fsp3) is 0.550. The second kappa shape index (κ2) is 6.71. The van der Waals surface area contributed by atoms with Crippen LogP contribution in [0.15, 0.2) is 12.1 Å². The van der Waals surface area contributed by atoms with Crippen LogP contribution in [0, 0.1) is 26.8 Å². The van der Waals surface area contributed by atoms with Gasteiger partial charge in [0, 0.05) is 19.0 Å². The monoisotopic (exact) mass is 434 g/mol. The van der Waals surface area contributed by atoms with Gasteiger partial charge in [0.1, 0.15) is 0 Å². The first-order valence-electron chi connectivity index (χ1n) is 9.92. The number of carbonyl (C=O) groups excluding carboxylic acids is 3. The first kappa shape index (κ1) is 21.2. The van der Waals surface area contributed by atoms with E-state index < -0.39 is 51.8 Å². The fourth-order valence-corrected chi connectivity index (χ4v) is 4.90. The molecule has 4 amide bonds. The highest BCUT2D eigenvalue weighted by atomic mass is 19.1. The third-order valence-corrected chi connectivity index (χ3v) is 6.35. The summed E-state index contributed by atoms with van der Waals surface area (Å²) in [5.41, 5.74) is -2.36. The molecule has 2 N–H and O–H groups in total. The highest BCUT2D eigenvalue weighted by Crippen LogP contribution is 2.49. The van der Waals surface area contributed by atoms with Crippen molar-refractivity contribution in [3.8, 4) is 0 Å². The van der Waals surface area contributed by atoms with Gasteiger partial charge in [0.2, 0.25) is 11.8 Å². The quantitative estimate of drug-likeness (QED) is 0.390. The molecule has 2 saturated heterocycles. The van der Waals surface area contributed by atoms with Crippen LogP contribution in [-0.2, 0) is 20.7 Å². The molecule has 166 valence electrons. The number of ether oxygens (including phenoxy) is 1. The van der Waals surface area contributed by atoms with Gasteiger partial charge in [-0.1, -0.05) is 20.8 Å². The molecule has 3 heterocycles. The third-order valence-electron chi connectivity index (χ3n) is 6.35. The van der Waals surface area contributed by atoms with Crippen LogP contribution < -0.4 is 15.5 Å². The van der Waals surface area contributed by atoms with E-state index in [9.17, 15) is 24.5 Å². The van der Waals surface area contributed by atoms with Crippen molar-refractivity contribution in [1.29, 1.82) is 0 Å². The average Bonchev–Trinajstić information content (AvgIpc) is 2.64. The molecule has 10 nitrogen and oxygen atoms in total. The van der Waals surface area contributed by atoms with Crippen molar-refractivity contribution in [2.24, 2.45) is 10.8 Å². The minimum absolute atomic E-state index is 0.114. The molecular weight excluding hydrogens is 411 g/mol. The molecule has 2 fully saturated rings. The van der Waals surface area contributed by atoms with Crippen molar-refractivity contribution in [2.45, 2.75) is 52.4 Å². The minimum Gasteiger partial charge on any atom is -0.371 e. The average molecular weight is 434 g/mol. The van der Waals surface area contributed by atoms with Crippen molar-refractivity contribution in [3.05, 3.63) is 33.6 Å². The van der Waals surface area contributed by atoms with E-state index in [1.807, 2.05) is 20.8 Å². The molecule has 0 bridgehead atoms. The van der Waals surface area contributed by atoms with Crippen LogP contribution in [0.5, 0.6) is 0 Å². The zero-order valence-corrected chi connectivity index (χ0v) is 17.5. The van der Waals surface area contributed by atoms with E-state index in [2.05, 4.69) is 10.6 Å². The van der Waals surface area contributed by atoms with Crippen LogP contribution >= 0.6 is 0 Å². The van der Waals surface area contributed by atoms with Crippen LogP contribution in [-0.4, -0.2) is 47.6 Å². The summed E-state index contributed by atoms with van der Waals surface area (Å²) in [6.07, 6.45) is -1.35. The number of fused-ring (bicyclic) bond motifs is 4. The smallest absolute Gasteiger partial charge is 0.328 e. The Morgan fingerprint density at radius 1 is 1.23 bits per heavy atom. The maximum absolute atomic E-state index is 15.2. The highest BCUT2D eigenvalue weighted by molar-refractivity contribution is 6.20. The molecule has 3 atom stereocenters. The molecule has 0 aliphatic carbocycles. The standard InChI is InChI=1S/C20H23FN4O6/c1-9-15-20(16(26)22-18(28)23-17(20)27)7-10-5-11(25(29)30)6-12(21)14(10)24(15)8-13(31-9)19(2,3)4/h5-6,9,13,15H,7-8H2,1-4H3,(H2,22,23,26,27,28)/t9-,13+,15+/m0/s1. The molecule has 0 aromatic heterocycles. The molecule has 1 aromatic carbocycles. The Kier molecular flexibility index (Phi) is 4.58. The van der Waals surface area contributed by atoms with Gasteiger partial charge < -0.3 is 9.64 Å². The van der Waals surface area contributed by atoms with Gasteiger partial charge in [-0.2, -0.15) is 0 Å². The first-order chi connectivity index (χ1) is 14.4. The number of morpholine rings is 1. The molecule has 3 aliphatic heterocycles. The molecule has 4 rings (SSSR count). The lowest BCUT2D eigenvalue weighted by atomic mass is 9.66. The van der Waals surface area contributed by atoms with Gasteiger partial charge in [-0.15, -0.1) is 0 Å². The number of imide groups is 2. The number of nitrogens with one attached hydrogen (secondary N) is 2. The summed E-state index contributed by atoms with van der Waals surface area (Å²) in [4.78, 5) is 50.1. The highest BCUT2D eigenvalue weighted by Gasteiger charge is 2.64. The van der Waals surface area contributed by atoms with Gasteiger partial charge in [-0.05, 0) is 17.9 Å². The van der Waals surface area contributed by atoms with E-state index in [0.29, 0.717) is 0 Å². The summed E-state index contributed by atoms with van der Waals surface area (Å²) < 4.78 is 21.4. The SMILES string of the molecule is C[C@@H]1O[C@@H](C(C)(C)C)CN2c3c(F)cc([N+](=O)[O-])cc3CC3(C(=O)NC(=O)NC3=O)[C@@H]12. The van der Waals surface area contributed by atoms with E-state index in [1.54, 1.807) is 11.8 Å². The third kappa shape index (κ3) is 3.06. The molecule has 3 aliphatic rings. The number of barbiturate groups is 1. The number of hydrogen-bond donors (Lipinski definition) is 2. The number of benzene rings is 1. The molecule has 0 unspecified atom stereocenters. The number of halogens is 1. The van der Waals surface area contributed by atoms with E-state index >= 15 is 4.39 Å². The molecular formula is C20H23FN4O6. The molecule has 11 heteroatoms. The Balaban J connectivity index is 1.95. The predicted octanol–water partition coefficient (Wildman–Crippen LogP) is 1.65. The molecule has 1 spiro atoms. The molecule has 1 aromatic rings. The maximum Gasteiger partial charge on any atom is 0.328 e. The number of nitrogens with zero attached hydrogens (tertiary/aromatic N) is 2. The van der Waals surface area contributed by atoms with Gasteiger partial charge in [-0.3, -0.25) is 30.3 Å². The van der Waals surface area contributed by atoms with Crippen LogP contribution in [0.3, 0.4) is 0 Å². The fourth-order valence-electron chi connectivity index (χ4n) is 4.90. The van der Waals surface area contributed by atoms with E-state index in [0.717, 1.165) is 6.07 Å². The van der Waals surface area contributed by atoms with Crippen molar-refractivity contribution in [3.63, 3.8) is 0 Å². The number of amides is 4. The van der Waals surface area contributed by atoms with Crippen molar-refractivity contribution >= 4 is 29.2 Å². The van der Waals surface area contributed by atoms with E-state index in [1.165, 1.54) is 6.07 Å². The maximum atomic E-state index is 15.2. The molecule has 0 saturated carbocycles. The first-order valence-corrected chi connectivity index (χ1v) is 9.92. The second-order valence-electron chi connectivity index (χ2n) is 9.37. The van der Waals surface area contributed by atoms with E-state index in [4.69, 9.17) is 4.74 Å². The lowest BCUT2D eigenvalue weighted by molar-refractivity contribution is -0.385. The Morgan fingerprint density at radius 2 is 1.84 bits per heavy atom. The van der Waals surface area contributed by atoms with Gasteiger partial charge in [0.05, 0.1) is 34.9 Å². The van der Waals surface area contributed by atoms with Crippen molar-refractivity contribution in [2.75, 3.05) is 11.4 Å². The number of non-ortho nitro benzene ring substituents is 1. The number of carbonyl (C=O) groups is 3. The molecule has 31 heavy (non-hydrogen) atoms.